The number of benzene rings is 3. The Morgan fingerprint density at radius 3 is 2.46 bits per heavy atom. The van der Waals surface area contributed by atoms with Crippen molar-refractivity contribution in [2.24, 2.45) is 5.92 Å². The van der Waals surface area contributed by atoms with Crippen molar-refractivity contribution in [2.45, 2.75) is 37.4 Å². The largest absolute Gasteiger partial charge is 0.233 e. The second-order valence-electron chi connectivity index (χ2n) is 10.2. The number of hydrogen-bond donors (Lipinski definition) is 0. The molecule has 0 radical (unpaired) electrons. The molecule has 1 saturated carbocycles. The van der Waals surface area contributed by atoms with Gasteiger partial charge in [0, 0.05) is 29.8 Å². The lowest BCUT2D eigenvalue weighted by Crippen LogP contribution is -2.38. The SMILES string of the molecule is Cc1cc2c(cnn2-c2ccc(F)cc2)cc1C12CN(S(=O)(=O)C(C)C)CC1C2c1ccccc1. The first kappa shape index (κ1) is 22.4. The van der Waals surface area contributed by atoms with E-state index in [0.29, 0.717) is 13.1 Å². The Kier molecular flexibility index (Phi) is 4.96. The van der Waals surface area contributed by atoms with Gasteiger partial charge in [0.1, 0.15) is 5.82 Å². The predicted octanol–water partition coefficient (Wildman–Crippen LogP) is 5.18. The Labute approximate surface area is 205 Å². The summed E-state index contributed by atoms with van der Waals surface area (Å²) < 4.78 is 43.1. The number of rotatable bonds is 5. The van der Waals surface area contributed by atoms with E-state index < -0.39 is 15.3 Å². The van der Waals surface area contributed by atoms with Gasteiger partial charge in [0.15, 0.2) is 0 Å². The Morgan fingerprint density at radius 1 is 1.06 bits per heavy atom. The van der Waals surface area contributed by atoms with Crippen molar-refractivity contribution >= 4 is 20.9 Å². The van der Waals surface area contributed by atoms with Crippen LogP contribution in [0.25, 0.3) is 16.6 Å². The molecule has 1 aliphatic heterocycles. The van der Waals surface area contributed by atoms with Crippen molar-refractivity contribution in [2.75, 3.05) is 13.1 Å². The van der Waals surface area contributed by atoms with Crippen molar-refractivity contribution in [3.63, 3.8) is 0 Å². The maximum atomic E-state index is 13.4. The summed E-state index contributed by atoms with van der Waals surface area (Å²) in [6.45, 7) is 6.65. The molecule has 0 N–H and O–H groups in total. The van der Waals surface area contributed by atoms with Crippen LogP contribution in [0, 0.1) is 18.7 Å². The van der Waals surface area contributed by atoms with E-state index in [-0.39, 0.29) is 23.1 Å². The van der Waals surface area contributed by atoms with Gasteiger partial charge in [-0.15, -0.1) is 0 Å². The van der Waals surface area contributed by atoms with Gasteiger partial charge in [0.25, 0.3) is 0 Å². The average Bonchev–Trinajstić information content (AvgIpc) is 3.10. The number of aromatic nitrogens is 2. The molecule has 0 spiro atoms. The highest BCUT2D eigenvalue weighted by Gasteiger charge is 2.71. The molecular formula is C28H28FN3O2S. The fraction of sp³-hybridized carbons (Fsp3) is 0.321. The maximum Gasteiger partial charge on any atom is 0.216 e. The summed E-state index contributed by atoms with van der Waals surface area (Å²) in [5.41, 5.74) is 5.08. The summed E-state index contributed by atoms with van der Waals surface area (Å²) >= 11 is 0. The standard InChI is InChI=1S/C28H28FN3O2S/c1-18(2)35(33,34)31-16-25-27(20-7-5-4-6-8-20)28(25,17-31)24-14-21-15-30-32(26(21)13-19(24)3)23-11-9-22(29)10-12-23/h4-15,18,25,27H,16-17H2,1-3H3. The van der Waals surface area contributed by atoms with Gasteiger partial charge in [-0.2, -0.15) is 5.10 Å². The van der Waals surface area contributed by atoms with E-state index in [2.05, 4.69) is 48.4 Å². The number of nitrogens with zero attached hydrogens (tertiary/aromatic N) is 3. The second-order valence-corrected chi connectivity index (χ2v) is 12.7. The van der Waals surface area contributed by atoms with E-state index >= 15 is 0 Å². The summed E-state index contributed by atoms with van der Waals surface area (Å²) in [7, 11) is -3.34. The molecule has 0 amide bonds. The average molecular weight is 490 g/mol. The predicted molar refractivity (Wildman–Crippen MR) is 136 cm³/mol. The van der Waals surface area contributed by atoms with Gasteiger partial charge in [0.2, 0.25) is 10.0 Å². The van der Waals surface area contributed by atoms with Crippen LogP contribution in [-0.2, 0) is 15.4 Å². The third-order valence-electron chi connectivity index (χ3n) is 7.95. The van der Waals surface area contributed by atoms with E-state index in [1.807, 2.05) is 16.9 Å². The van der Waals surface area contributed by atoms with Crippen molar-refractivity contribution in [1.29, 1.82) is 0 Å². The normalized spacial score (nSPS) is 24.3. The molecule has 2 fully saturated rings. The first-order valence-electron chi connectivity index (χ1n) is 12.0. The number of sulfonamides is 1. The zero-order valence-electron chi connectivity index (χ0n) is 20.0. The molecule has 35 heavy (non-hydrogen) atoms. The Hall–Kier alpha value is -3.03. The van der Waals surface area contributed by atoms with Crippen LogP contribution in [-0.4, -0.2) is 40.8 Å². The number of halogens is 1. The van der Waals surface area contributed by atoms with Crippen molar-refractivity contribution in [1.82, 2.24) is 14.1 Å². The van der Waals surface area contributed by atoms with Crippen LogP contribution in [0.2, 0.25) is 0 Å². The van der Waals surface area contributed by atoms with E-state index in [1.54, 1.807) is 30.3 Å². The minimum Gasteiger partial charge on any atom is -0.233 e. The molecule has 5 nitrogen and oxygen atoms in total. The first-order chi connectivity index (χ1) is 16.7. The van der Waals surface area contributed by atoms with Crippen LogP contribution in [0.4, 0.5) is 4.39 Å². The summed E-state index contributed by atoms with van der Waals surface area (Å²) in [4.78, 5) is 0. The van der Waals surface area contributed by atoms with Gasteiger partial charge in [-0.25, -0.2) is 21.8 Å². The molecule has 3 unspecified atom stereocenters. The lowest BCUT2D eigenvalue weighted by Gasteiger charge is -2.26. The van der Waals surface area contributed by atoms with E-state index in [9.17, 15) is 12.8 Å². The molecule has 2 heterocycles. The third kappa shape index (κ3) is 3.28. The van der Waals surface area contributed by atoms with E-state index in [1.165, 1.54) is 23.3 Å². The zero-order valence-corrected chi connectivity index (χ0v) is 20.8. The summed E-state index contributed by atoms with van der Waals surface area (Å²) in [6.07, 6.45) is 1.84. The summed E-state index contributed by atoms with van der Waals surface area (Å²) in [6, 6.07) is 21.1. The number of hydrogen-bond acceptors (Lipinski definition) is 3. The van der Waals surface area contributed by atoms with Crippen LogP contribution < -0.4 is 0 Å². The molecule has 1 saturated heterocycles. The fourth-order valence-electron chi connectivity index (χ4n) is 6.18. The lowest BCUT2D eigenvalue weighted by molar-refractivity contribution is 0.416. The number of piperidine rings is 1. The highest BCUT2D eigenvalue weighted by atomic mass is 32.2. The second kappa shape index (κ2) is 7.73. The van der Waals surface area contributed by atoms with Crippen molar-refractivity contribution in [3.05, 3.63) is 95.4 Å². The van der Waals surface area contributed by atoms with Gasteiger partial charge >= 0.3 is 0 Å². The van der Waals surface area contributed by atoms with Crippen molar-refractivity contribution in [3.8, 4) is 5.69 Å². The molecule has 1 aliphatic carbocycles. The molecule has 3 aromatic carbocycles. The number of fused-ring (bicyclic) bond motifs is 2. The highest BCUT2D eigenvalue weighted by molar-refractivity contribution is 7.89. The molecule has 2 aliphatic rings. The monoisotopic (exact) mass is 489 g/mol. The van der Waals surface area contributed by atoms with Crippen LogP contribution in [0.3, 0.4) is 0 Å². The summed E-state index contributed by atoms with van der Waals surface area (Å²) in [5.74, 6) is 0.240. The highest BCUT2D eigenvalue weighted by Crippen LogP contribution is 2.70. The molecule has 7 heteroatoms. The minimum atomic E-state index is -3.34. The lowest BCUT2D eigenvalue weighted by atomic mass is 9.87. The molecule has 4 aromatic rings. The smallest absolute Gasteiger partial charge is 0.216 e. The Balaban J connectivity index is 1.46. The van der Waals surface area contributed by atoms with Crippen LogP contribution in [0.5, 0.6) is 0 Å². The quantitative estimate of drug-likeness (QED) is 0.388. The van der Waals surface area contributed by atoms with E-state index in [4.69, 9.17) is 0 Å². The van der Waals surface area contributed by atoms with Gasteiger partial charge in [-0.05, 0) is 79.8 Å². The van der Waals surface area contributed by atoms with Crippen LogP contribution in [0.15, 0.2) is 72.9 Å². The zero-order chi connectivity index (χ0) is 24.5. The topological polar surface area (TPSA) is 55.2 Å². The van der Waals surface area contributed by atoms with Gasteiger partial charge < -0.3 is 0 Å². The third-order valence-corrected chi connectivity index (χ3v) is 10.1. The van der Waals surface area contributed by atoms with E-state index in [0.717, 1.165) is 22.2 Å². The van der Waals surface area contributed by atoms with Gasteiger partial charge in [0.05, 0.1) is 22.7 Å². The Bertz CT molecular complexity index is 1530. The molecule has 180 valence electrons. The molecule has 0 bridgehead atoms. The fourth-order valence-corrected chi connectivity index (χ4v) is 7.54. The molecular weight excluding hydrogens is 461 g/mol. The summed E-state index contributed by atoms with van der Waals surface area (Å²) in [5, 5.41) is 5.14. The Morgan fingerprint density at radius 2 is 1.77 bits per heavy atom. The van der Waals surface area contributed by atoms with Crippen LogP contribution in [0.1, 0.15) is 36.5 Å². The minimum absolute atomic E-state index is 0.238. The maximum absolute atomic E-state index is 13.4. The molecule has 1 aromatic heterocycles. The number of aryl methyl sites for hydroxylation is 1. The van der Waals surface area contributed by atoms with Crippen LogP contribution >= 0.6 is 0 Å². The molecule has 6 rings (SSSR count). The van der Waals surface area contributed by atoms with Crippen molar-refractivity contribution < 1.29 is 12.8 Å². The first-order valence-corrected chi connectivity index (χ1v) is 13.5. The molecule has 3 atom stereocenters. The van der Waals surface area contributed by atoms with Gasteiger partial charge in [-0.1, -0.05) is 30.3 Å². The van der Waals surface area contributed by atoms with Gasteiger partial charge in [-0.3, -0.25) is 0 Å².